The number of piperazine rings is 1. The second kappa shape index (κ2) is 11.8. The maximum Gasteiger partial charge on any atom is 0.252 e. The third-order valence-corrected chi connectivity index (χ3v) is 5.16. The molecule has 3 N–H and O–H groups in total. The van der Waals surface area contributed by atoms with Crippen LogP contribution in [0.3, 0.4) is 0 Å². The highest BCUT2D eigenvalue weighted by molar-refractivity contribution is 14.0. The van der Waals surface area contributed by atoms with Gasteiger partial charge in [0.25, 0.3) is 5.91 Å². The lowest BCUT2D eigenvalue weighted by atomic mass is 10.2. The fourth-order valence-electron chi connectivity index (χ4n) is 3.31. The summed E-state index contributed by atoms with van der Waals surface area (Å²) in [5.74, 6) is 0.912. The van der Waals surface area contributed by atoms with Crippen molar-refractivity contribution in [3.05, 3.63) is 59.1 Å². The largest absolute Gasteiger partial charge is 0.506 e. The van der Waals surface area contributed by atoms with Crippen molar-refractivity contribution in [2.24, 2.45) is 4.99 Å². The van der Waals surface area contributed by atoms with Crippen LogP contribution in [-0.2, 0) is 0 Å². The van der Waals surface area contributed by atoms with E-state index in [0.29, 0.717) is 29.4 Å². The van der Waals surface area contributed by atoms with Crippen LogP contribution in [0.2, 0.25) is 5.02 Å². The molecule has 2 aromatic carbocycles. The molecule has 1 amide bonds. The predicted molar refractivity (Wildman–Crippen MR) is 132 cm³/mol. The van der Waals surface area contributed by atoms with Crippen molar-refractivity contribution in [2.75, 3.05) is 51.2 Å². The Morgan fingerprint density at radius 3 is 2.33 bits per heavy atom. The minimum Gasteiger partial charge on any atom is -0.506 e. The van der Waals surface area contributed by atoms with Crippen LogP contribution < -0.4 is 15.5 Å². The van der Waals surface area contributed by atoms with Gasteiger partial charge in [-0.05, 0) is 24.3 Å². The summed E-state index contributed by atoms with van der Waals surface area (Å²) in [4.78, 5) is 20.9. The summed E-state index contributed by atoms with van der Waals surface area (Å²) >= 11 is 6.05. The smallest absolute Gasteiger partial charge is 0.252 e. The Bertz CT molecular complexity index is 872. The zero-order valence-electron chi connectivity index (χ0n) is 16.8. The van der Waals surface area contributed by atoms with Gasteiger partial charge in [0.1, 0.15) is 5.75 Å². The second-order valence-corrected chi connectivity index (χ2v) is 7.08. The van der Waals surface area contributed by atoms with Crippen molar-refractivity contribution in [1.29, 1.82) is 0 Å². The Hall–Kier alpha value is -2.20. The number of carbonyl (C=O) groups is 1. The van der Waals surface area contributed by atoms with Gasteiger partial charge in [-0.1, -0.05) is 35.9 Å². The van der Waals surface area contributed by atoms with Gasteiger partial charge in [0.2, 0.25) is 0 Å². The fraction of sp³-hybridized carbons (Fsp3) is 0.333. The van der Waals surface area contributed by atoms with E-state index in [1.165, 1.54) is 0 Å². The van der Waals surface area contributed by atoms with E-state index in [1.807, 2.05) is 18.2 Å². The summed E-state index contributed by atoms with van der Waals surface area (Å²) < 4.78 is 0. The van der Waals surface area contributed by atoms with Gasteiger partial charge < -0.3 is 25.5 Å². The SMILES string of the molecule is CN=C(NCCNC(=O)c1ccccc1Cl)N1CCN(c2ccccc2O)CC1.I. The number of anilines is 1. The van der Waals surface area contributed by atoms with E-state index >= 15 is 0 Å². The number of phenols is 1. The molecular formula is C21H27ClIN5O2. The van der Waals surface area contributed by atoms with E-state index < -0.39 is 0 Å². The first-order chi connectivity index (χ1) is 14.1. The number of halogens is 2. The summed E-state index contributed by atoms with van der Waals surface area (Å²) in [6, 6.07) is 14.4. The molecule has 0 bridgehead atoms. The number of benzene rings is 2. The molecule has 30 heavy (non-hydrogen) atoms. The summed E-state index contributed by atoms with van der Waals surface area (Å²) in [6.07, 6.45) is 0. The van der Waals surface area contributed by atoms with Gasteiger partial charge in [-0.3, -0.25) is 9.79 Å². The number of hydrogen-bond donors (Lipinski definition) is 3. The Morgan fingerprint density at radius 1 is 1.03 bits per heavy atom. The zero-order valence-corrected chi connectivity index (χ0v) is 19.9. The molecule has 3 rings (SSSR count). The minimum absolute atomic E-state index is 0. The Morgan fingerprint density at radius 2 is 1.67 bits per heavy atom. The lowest BCUT2D eigenvalue weighted by Gasteiger charge is -2.37. The van der Waals surface area contributed by atoms with Gasteiger partial charge >= 0.3 is 0 Å². The summed E-state index contributed by atoms with van der Waals surface area (Å²) in [7, 11) is 1.75. The van der Waals surface area contributed by atoms with E-state index in [2.05, 4.69) is 25.4 Å². The maximum absolute atomic E-state index is 12.2. The lowest BCUT2D eigenvalue weighted by Crippen LogP contribution is -2.53. The van der Waals surface area contributed by atoms with Crippen LogP contribution in [0.5, 0.6) is 5.75 Å². The number of amides is 1. The molecule has 0 saturated carbocycles. The van der Waals surface area contributed by atoms with Gasteiger partial charge in [0.05, 0.1) is 16.3 Å². The number of para-hydroxylation sites is 2. The van der Waals surface area contributed by atoms with Crippen LogP contribution in [0.4, 0.5) is 5.69 Å². The van der Waals surface area contributed by atoms with Crippen molar-refractivity contribution < 1.29 is 9.90 Å². The number of nitrogens with one attached hydrogen (secondary N) is 2. The average molecular weight is 544 g/mol. The predicted octanol–water partition coefficient (Wildman–Crippen LogP) is 2.79. The van der Waals surface area contributed by atoms with Crippen molar-refractivity contribution in [2.45, 2.75) is 0 Å². The summed E-state index contributed by atoms with van der Waals surface area (Å²) in [6.45, 7) is 4.19. The van der Waals surface area contributed by atoms with Gasteiger partial charge in [0.15, 0.2) is 5.96 Å². The highest BCUT2D eigenvalue weighted by Crippen LogP contribution is 2.27. The van der Waals surface area contributed by atoms with Crippen LogP contribution in [0.25, 0.3) is 0 Å². The molecule has 162 valence electrons. The standard InChI is InChI=1S/C21H26ClN5O2.HI/c1-23-21(25-11-10-24-20(29)16-6-2-3-7-17(16)22)27-14-12-26(13-15-27)18-8-4-5-9-19(18)28;/h2-9,28H,10-15H2,1H3,(H,23,25)(H,24,29);1H. The molecule has 1 aliphatic heterocycles. The number of phenolic OH excluding ortho intramolecular Hbond substituents is 1. The first kappa shape index (κ1) is 24.1. The van der Waals surface area contributed by atoms with Crippen molar-refractivity contribution >= 4 is 53.1 Å². The molecule has 1 heterocycles. The van der Waals surface area contributed by atoms with E-state index in [0.717, 1.165) is 37.8 Å². The quantitative estimate of drug-likeness (QED) is 0.234. The molecule has 0 aliphatic carbocycles. The van der Waals surface area contributed by atoms with Crippen LogP contribution >= 0.6 is 35.6 Å². The topological polar surface area (TPSA) is 80.2 Å². The molecule has 0 spiro atoms. The summed E-state index contributed by atoms with van der Waals surface area (Å²) in [5.41, 5.74) is 1.33. The maximum atomic E-state index is 12.2. The Labute approximate surface area is 199 Å². The van der Waals surface area contributed by atoms with Crippen molar-refractivity contribution in [1.82, 2.24) is 15.5 Å². The number of aliphatic imine (C=N–C) groups is 1. The average Bonchev–Trinajstić information content (AvgIpc) is 2.75. The zero-order chi connectivity index (χ0) is 20.6. The van der Waals surface area contributed by atoms with Crippen LogP contribution in [-0.4, -0.2) is 68.2 Å². The molecule has 7 nitrogen and oxygen atoms in total. The van der Waals surface area contributed by atoms with Gasteiger partial charge in [-0.15, -0.1) is 24.0 Å². The molecule has 0 atom stereocenters. The van der Waals surface area contributed by atoms with E-state index in [1.54, 1.807) is 37.4 Å². The Balaban J connectivity index is 0.00000320. The Kier molecular flexibility index (Phi) is 9.51. The molecule has 0 aromatic heterocycles. The number of nitrogens with zero attached hydrogens (tertiary/aromatic N) is 3. The molecule has 9 heteroatoms. The van der Waals surface area contributed by atoms with Gasteiger partial charge in [-0.2, -0.15) is 0 Å². The number of carbonyl (C=O) groups excluding carboxylic acids is 1. The highest BCUT2D eigenvalue weighted by atomic mass is 127. The van der Waals surface area contributed by atoms with E-state index in [9.17, 15) is 9.90 Å². The highest BCUT2D eigenvalue weighted by Gasteiger charge is 2.21. The third kappa shape index (κ3) is 6.15. The minimum atomic E-state index is -0.191. The number of hydrogen-bond acceptors (Lipinski definition) is 4. The molecule has 1 saturated heterocycles. The molecule has 0 radical (unpaired) electrons. The van der Waals surface area contributed by atoms with Crippen molar-refractivity contribution in [3.8, 4) is 5.75 Å². The first-order valence-corrected chi connectivity index (χ1v) is 9.99. The van der Waals surface area contributed by atoms with Crippen LogP contribution in [0, 0.1) is 0 Å². The van der Waals surface area contributed by atoms with Crippen LogP contribution in [0.15, 0.2) is 53.5 Å². The molecule has 1 aliphatic rings. The molecular weight excluding hydrogens is 517 g/mol. The van der Waals surface area contributed by atoms with E-state index in [-0.39, 0.29) is 29.9 Å². The number of guanidine groups is 1. The fourth-order valence-corrected chi connectivity index (χ4v) is 3.54. The lowest BCUT2D eigenvalue weighted by molar-refractivity contribution is 0.0954. The number of aromatic hydroxyl groups is 1. The van der Waals surface area contributed by atoms with Gasteiger partial charge in [-0.25, -0.2) is 0 Å². The third-order valence-electron chi connectivity index (χ3n) is 4.83. The molecule has 0 unspecified atom stereocenters. The monoisotopic (exact) mass is 543 g/mol. The normalized spacial score (nSPS) is 14.1. The van der Waals surface area contributed by atoms with Crippen molar-refractivity contribution in [3.63, 3.8) is 0 Å². The second-order valence-electron chi connectivity index (χ2n) is 6.67. The first-order valence-electron chi connectivity index (χ1n) is 9.61. The molecule has 2 aromatic rings. The molecule has 1 fully saturated rings. The van der Waals surface area contributed by atoms with E-state index in [4.69, 9.17) is 11.6 Å². The number of rotatable bonds is 5. The van der Waals surface area contributed by atoms with Crippen LogP contribution in [0.1, 0.15) is 10.4 Å². The summed E-state index contributed by atoms with van der Waals surface area (Å²) in [5, 5.41) is 16.6. The van der Waals surface area contributed by atoms with Gasteiger partial charge in [0, 0.05) is 46.3 Å².